The molecule has 2 atom stereocenters. The molecule has 2 aromatic rings. The van der Waals surface area contributed by atoms with Gasteiger partial charge in [-0.3, -0.25) is 0 Å². The van der Waals surface area contributed by atoms with Crippen LogP contribution in [0.3, 0.4) is 0 Å². The molecule has 4 rings (SSSR count). The Balaban J connectivity index is 0.000000353. The molecule has 2 aliphatic rings. The van der Waals surface area contributed by atoms with E-state index in [0.717, 1.165) is 7.25 Å². The fourth-order valence-electron chi connectivity index (χ4n) is 3.72. The molecule has 2 unspecified atom stereocenters. The zero-order valence-electron chi connectivity index (χ0n) is 21.9. The first-order valence-electron chi connectivity index (χ1n) is 11.8. The molecular weight excluding hydrogens is 660 g/mol. The van der Waals surface area contributed by atoms with E-state index in [4.69, 9.17) is 0 Å². The summed E-state index contributed by atoms with van der Waals surface area (Å²) in [5.74, 6) is 0. The summed E-state index contributed by atoms with van der Waals surface area (Å²) in [5, 5.41) is 0. The van der Waals surface area contributed by atoms with E-state index < -0.39 is 57.3 Å². The molecule has 0 aromatic heterocycles. The molecule has 4 nitrogen and oxygen atoms in total. The Hall–Kier alpha value is -0.607. The quantitative estimate of drug-likeness (QED) is 0.423. The van der Waals surface area contributed by atoms with E-state index >= 15 is 0 Å². The van der Waals surface area contributed by atoms with Crippen molar-refractivity contribution in [3.05, 3.63) is 82.9 Å². The van der Waals surface area contributed by atoms with Crippen LogP contribution in [0.25, 0.3) is 12.2 Å². The number of rotatable bonds is 6. The number of benzene rings is 2. The van der Waals surface area contributed by atoms with Gasteiger partial charge in [0.15, 0.2) is 0 Å². The van der Waals surface area contributed by atoms with Gasteiger partial charge in [0.05, 0.1) is 0 Å². The summed E-state index contributed by atoms with van der Waals surface area (Å²) in [4.78, 5) is 23.1. The first kappa shape index (κ1) is 33.4. The van der Waals surface area contributed by atoms with E-state index in [9.17, 15) is 9.59 Å². The number of fused-ring (bicyclic) bond motifs is 2. The Bertz CT molecular complexity index is 1030. The van der Waals surface area contributed by atoms with E-state index in [1.165, 1.54) is 11.1 Å². The molecule has 0 spiro atoms. The maximum atomic E-state index is 11.6. The van der Waals surface area contributed by atoms with Crippen molar-refractivity contribution in [3.8, 4) is 0 Å². The molecule has 2 amide bonds. The standard InChI is InChI=1S/2C9H7.2C4H11NOSi.2ClH.Ga.Zr.H/c2*1-2-5-9-7-3-6-8(9)4-1;2*1-7(2,3)4(5)6;;;;;/h2*1-7H;2*1-3H3,(H2,5,6);2*1H;;;/q;;;;;;2*+2;/p-4. The second kappa shape index (κ2) is 14.5. The maximum absolute atomic E-state index is 11.6. The van der Waals surface area contributed by atoms with Crippen LogP contribution >= 0.6 is 0 Å². The minimum Gasteiger partial charge on any atom is -1.00 e. The number of hydrogen-bond donors (Lipinski definition) is 2. The molecule has 2 aliphatic carbocycles. The summed E-state index contributed by atoms with van der Waals surface area (Å²) in [7, 11) is -3.44. The van der Waals surface area contributed by atoms with Crippen molar-refractivity contribution in [2.75, 3.05) is 0 Å². The third-order valence-electron chi connectivity index (χ3n) is 5.82. The van der Waals surface area contributed by atoms with Gasteiger partial charge >= 0.3 is 228 Å². The van der Waals surface area contributed by atoms with Crippen LogP contribution in [-0.2, 0) is 23.2 Å². The Morgan fingerprint density at radius 1 is 0.694 bits per heavy atom. The van der Waals surface area contributed by atoms with Gasteiger partial charge in [-0.15, -0.1) is 0 Å². The van der Waals surface area contributed by atoms with Crippen molar-refractivity contribution in [2.45, 2.75) is 46.5 Å². The van der Waals surface area contributed by atoms with Crippen LogP contribution in [0.1, 0.15) is 29.5 Å². The van der Waals surface area contributed by atoms with Crippen molar-refractivity contribution < 1.29 is 57.6 Å². The smallest absolute Gasteiger partial charge is 1.00 e. The minimum atomic E-state index is -1.72. The fraction of sp³-hybridized carbons (Fsp3) is 0.308. The first-order valence-corrected chi connectivity index (χ1v) is 24.6. The monoisotopic (exact) mass is 692 g/mol. The molecule has 0 fully saturated rings. The molecule has 2 aromatic carbocycles. The molecule has 2 N–H and O–H groups in total. The minimum absolute atomic E-state index is 0. The van der Waals surface area contributed by atoms with E-state index in [2.05, 4.69) is 80.9 Å². The van der Waals surface area contributed by atoms with Crippen LogP contribution in [0.5, 0.6) is 0 Å². The number of nitrogens with one attached hydrogen (secondary N) is 2. The maximum Gasteiger partial charge on any atom is -1.00 e. The van der Waals surface area contributed by atoms with Gasteiger partial charge in [0.25, 0.3) is 0 Å². The van der Waals surface area contributed by atoms with Gasteiger partial charge in [-0.1, -0.05) is 0 Å². The Labute approximate surface area is 250 Å². The molecule has 0 aliphatic heterocycles. The van der Waals surface area contributed by atoms with E-state index in [1.54, 1.807) is 11.1 Å². The third kappa shape index (κ3) is 9.30. The summed E-state index contributed by atoms with van der Waals surface area (Å²) in [6, 6.07) is 17.7. The molecule has 0 saturated carbocycles. The van der Waals surface area contributed by atoms with Crippen molar-refractivity contribution in [2.24, 2.45) is 0 Å². The van der Waals surface area contributed by atoms with E-state index in [-0.39, 0.29) is 35.9 Å². The molecule has 0 heterocycles. The molecule has 0 bridgehead atoms. The van der Waals surface area contributed by atoms with E-state index in [0.29, 0.717) is 0 Å². The van der Waals surface area contributed by atoms with Gasteiger partial charge in [-0.05, 0) is 0 Å². The fourth-order valence-corrected chi connectivity index (χ4v) is 17.4. The normalized spacial score (nSPS) is 16.6. The van der Waals surface area contributed by atoms with Gasteiger partial charge in [-0.25, -0.2) is 0 Å². The van der Waals surface area contributed by atoms with Gasteiger partial charge in [0.2, 0.25) is 0 Å². The van der Waals surface area contributed by atoms with Gasteiger partial charge in [0, 0.05) is 0 Å². The number of amides is 2. The van der Waals surface area contributed by atoms with Crippen LogP contribution < -0.4 is 32.9 Å². The van der Waals surface area contributed by atoms with Crippen LogP contribution in [0, 0.1) is 0 Å². The summed E-state index contributed by atoms with van der Waals surface area (Å²) in [6.45, 7) is 12.0. The summed E-state index contributed by atoms with van der Waals surface area (Å²) in [6.07, 6.45) is 9.49. The SMILES string of the molecule is C1=C[CH]([Zr+2][CH]2C=Cc3ccccc32)c2ccccc21.C[Si](C)(C)C(=O)[NH][GaH][NH]C(=O)[Si](C)(C)C.[Cl-].[Cl-]. The number of allylic oxidation sites excluding steroid dienone is 2. The second-order valence-electron chi connectivity index (χ2n) is 10.8. The number of halogens is 2. The Kier molecular flexibility index (Phi) is 13.5. The molecular formula is C26H35Cl2GaN2O2Si2Zr. The molecule has 10 heteroatoms. The zero-order chi connectivity index (χ0) is 24.9. The van der Waals surface area contributed by atoms with Crippen LogP contribution in [-0.4, -0.2) is 45.1 Å². The summed E-state index contributed by atoms with van der Waals surface area (Å²) < 4.78 is 7.33. The number of hydrogen-bond acceptors (Lipinski definition) is 2. The largest absolute Gasteiger partial charge is 1.00 e. The second-order valence-corrected chi connectivity index (χ2v) is 26.8. The molecule has 190 valence electrons. The van der Waals surface area contributed by atoms with E-state index in [1.807, 2.05) is 39.3 Å². The Morgan fingerprint density at radius 3 is 1.42 bits per heavy atom. The van der Waals surface area contributed by atoms with Gasteiger partial charge in [0.1, 0.15) is 0 Å². The average Bonchev–Trinajstić information content (AvgIpc) is 3.38. The molecule has 0 radical (unpaired) electrons. The number of carbonyl (C=O) groups is 2. The third-order valence-corrected chi connectivity index (χ3v) is 16.7. The van der Waals surface area contributed by atoms with Crippen molar-refractivity contribution >= 4 is 57.3 Å². The Morgan fingerprint density at radius 2 is 1.06 bits per heavy atom. The van der Waals surface area contributed by atoms with Gasteiger partial charge in [-0.2, -0.15) is 0 Å². The van der Waals surface area contributed by atoms with Crippen LogP contribution in [0.15, 0.2) is 60.7 Å². The first-order chi connectivity index (χ1) is 16.0. The van der Waals surface area contributed by atoms with Crippen LogP contribution in [0.4, 0.5) is 9.59 Å². The van der Waals surface area contributed by atoms with Crippen molar-refractivity contribution in [3.63, 3.8) is 0 Å². The molecule has 0 saturated heterocycles. The van der Waals surface area contributed by atoms with Gasteiger partial charge < -0.3 is 24.8 Å². The predicted octanol–water partition coefficient (Wildman–Crippen LogP) is 0.125. The van der Waals surface area contributed by atoms with Crippen molar-refractivity contribution in [1.82, 2.24) is 8.05 Å². The summed E-state index contributed by atoms with van der Waals surface area (Å²) in [5.41, 5.74) is 6.32. The topological polar surface area (TPSA) is 58.2 Å². The summed E-state index contributed by atoms with van der Waals surface area (Å²) >= 11 is -1.95. The predicted molar refractivity (Wildman–Crippen MR) is 147 cm³/mol. The number of carbonyl (C=O) groups excluding carboxylic acids is 2. The van der Waals surface area contributed by atoms with Crippen LogP contribution in [0.2, 0.25) is 39.3 Å². The average molecular weight is 696 g/mol. The molecule has 36 heavy (non-hydrogen) atoms. The van der Waals surface area contributed by atoms with Crippen molar-refractivity contribution in [1.29, 1.82) is 0 Å². The zero-order valence-corrected chi connectivity index (χ0v) is 30.8.